The summed E-state index contributed by atoms with van der Waals surface area (Å²) < 4.78 is 0. The minimum absolute atomic E-state index is 0.265. The maximum Gasteiger partial charge on any atom is 0.248 e. The molecule has 1 fully saturated rings. The molecule has 1 aliphatic heterocycles. The summed E-state index contributed by atoms with van der Waals surface area (Å²) in [4.78, 5) is 22.1. The first-order chi connectivity index (χ1) is 11.1. The molecule has 0 spiro atoms. The number of carbonyl (C=O) groups is 1. The van der Waals surface area contributed by atoms with Crippen molar-refractivity contribution < 1.29 is 4.79 Å². The zero-order chi connectivity index (χ0) is 16.1. The lowest BCUT2D eigenvalue weighted by molar-refractivity contribution is 0.1000. The van der Waals surface area contributed by atoms with Gasteiger partial charge in [0, 0.05) is 23.5 Å². The molecule has 2 aliphatic rings. The highest BCUT2D eigenvalue weighted by Crippen LogP contribution is 2.54. The highest BCUT2D eigenvalue weighted by molar-refractivity contribution is 5.94. The van der Waals surface area contributed by atoms with Crippen molar-refractivity contribution in [2.24, 2.45) is 11.7 Å². The number of hydrogen-bond donors (Lipinski definition) is 2. The molecule has 1 aliphatic carbocycles. The summed E-state index contributed by atoms with van der Waals surface area (Å²) in [5.74, 6) is 1.72. The maximum atomic E-state index is 11.5. The largest absolute Gasteiger partial charge is 0.368 e. The highest BCUT2D eigenvalue weighted by atomic mass is 16.1. The van der Waals surface area contributed by atoms with Crippen LogP contribution in [0, 0.1) is 5.92 Å². The molecule has 4 N–H and O–H groups in total. The van der Waals surface area contributed by atoms with Crippen LogP contribution in [0.2, 0.25) is 0 Å². The Labute approximate surface area is 134 Å². The number of hydrogen-bond acceptors (Lipinski definition) is 5. The van der Waals surface area contributed by atoms with Crippen molar-refractivity contribution in [1.29, 1.82) is 0 Å². The van der Waals surface area contributed by atoms with Gasteiger partial charge < -0.3 is 16.4 Å². The number of carbonyl (C=O) groups excluding carboxylic acids is 1. The summed E-state index contributed by atoms with van der Waals surface area (Å²) in [5.41, 5.74) is 14.0. The van der Waals surface area contributed by atoms with E-state index in [0.29, 0.717) is 23.4 Å². The highest BCUT2D eigenvalue weighted by Gasteiger charge is 2.45. The van der Waals surface area contributed by atoms with E-state index in [4.69, 9.17) is 11.5 Å². The molecule has 1 saturated carbocycles. The lowest BCUT2D eigenvalue weighted by Crippen LogP contribution is -2.47. The smallest absolute Gasteiger partial charge is 0.248 e. The van der Waals surface area contributed by atoms with Crippen molar-refractivity contribution in [3.05, 3.63) is 41.6 Å². The van der Waals surface area contributed by atoms with Crippen molar-refractivity contribution in [2.75, 3.05) is 10.6 Å². The second kappa shape index (κ2) is 4.94. The number of fused-ring (bicyclic) bond motifs is 3. The van der Waals surface area contributed by atoms with Crippen LogP contribution in [-0.2, 0) is 0 Å². The van der Waals surface area contributed by atoms with Gasteiger partial charge in [0.25, 0.3) is 0 Å². The summed E-state index contributed by atoms with van der Waals surface area (Å²) >= 11 is 0. The number of amides is 1. The van der Waals surface area contributed by atoms with Gasteiger partial charge in [-0.2, -0.15) is 4.98 Å². The van der Waals surface area contributed by atoms with E-state index in [-0.39, 0.29) is 11.9 Å². The fourth-order valence-electron chi connectivity index (χ4n) is 3.95. The van der Waals surface area contributed by atoms with Crippen LogP contribution in [0.5, 0.6) is 0 Å². The summed E-state index contributed by atoms with van der Waals surface area (Å²) in [6.45, 7) is 2.22. The van der Waals surface area contributed by atoms with E-state index in [9.17, 15) is 4.79 Å². The Bertz CT molecular complexity index is 790. The molecule has 6 nitrogen and oxygen atoms in total. The monoisotopic (exact) mass is 309 g/mol. The number of primary amides is 1. The van der Waals surface area contributed by atoms with E-state index >= 15 is 0 Å². The van der Waals surface area contributed by atoms with Crippen LogP contribution in [0.3, 0.4) is 0 Å². The number of benzene rings is 1. The predicted octanol–water partition coefficient (Wildman–Crippen LogP) is 2.19. The van der Waals surface area contributed by atoms with Crippen LogP contribution < -0.4 is 16.4 Å². The summed E-state index contributed by atoms with van der Waals surface area (Å²) in [7, 11) is 0. The molecule has 0 saturated heterocycles. The molecule has 1 aromatic carbocycles. The molecule has 1 aromatic heterocycles. The zero-order valence-electron chi connectivity index (χ0n) is 12.9. The average molecular weight is 309 g/mol. The van der Waals surface area contributed by atoms with Crippen molar-refractivity contribution in [3.8, 4) is 0 Å². The SMILES string of the molecule is CC1C2CCC2c2cc(C(N)=O)ccc2N1c1ccnc(N)n1. The fraction of sp³-hybridized carbons (Fsp3) is 0.353. The van der Waals surface area contributed by atoms with Gasteiger partial charge in [-0.25, -0.2) is 4.98 Å². The van der Waals surface area contributed by atoms with Crippen LogP contribution in [-0.4, -0.2) is 21.9 Å². The predicted molar refractivity (Wildman–Crippen MR) is 88.5 cm³/mol. The summed E-state index contributed by atoms with van der Waals surface area (Å²) in [5, 5.41) is 0. The molecule has 6 heteroatoms. The van der Waals surface area contributed by atoms with Gasteiger partial charge in [-0.3, -0.25) is 4.79 Å². The molecular formula is C17H19N5O. The van der Waals surface area contributed by atoms with Crippen molar-refractivity contribution in [1.82, 2.24) is 9.97 Å². The number of nitrogens with two attached hydrogens (primary N) is 2. The van der Waals surface area contributed by atoms with Crippen molar-refractivity contribution in [2.45, 2.75) is 31.7 Å². The summed E-state index contributed by atoms with van der Waals surface area (Å²) in [6.07, 6.45) is 4.02. The first-order valence-corrected chi connectivity index (χ1v) is 7.88. The summed E-state index contributed by atoms with van der Waals surface area (Å²) in [6, 6.07) is 7.90. The molecule has 3 atom stereocenters. The number of aromatic nitrogens is 2. The first kappa shape index (κ1) is 14.0. The number of rotatable bonds is 2. The fourth-order valence-corrected chi connectivity index (χ4v) is 3.95. The van der Waals surface area contributed by atoms with Gasteiger partial charge in [-0.1, -0.05) is 0 Å². The van der Waals surface area contributed by atoms with Gasteiger partial charge >= 0.3 is 0 Å². The molecule has 0 radical (unpaired) electrons. The third-order valence-corrected chi connectivity index (χ3v) is 5.23. The van der Waals surface area contributed by atoms with Gasteiger partial charge in [-0.05, 0) is 61.4 Å². The Kier molecular flexibility index (Phi) is 3.01. The molecule has 0 bridgehead atoms. The molecule has 1 amide bonds. The third kappa shape index (κ3) is 2.05. The van der Waals surface area contributed by atoms with E-state index in [1.807, 2.05) is 18.2 Å². The Balaban J connectivity index is 1.87. The van der Waals surface area contributed by atoms with Gasteiger partial charge in [-0.15, -0.1) is 0 Å². The lowest BCUT2D eigenvalue weighted by atomic mass is 9.63. The molecule has 118 valence electrons. The molecule has 3 unspecified atom stereocenters. The number of anilines is 3. The second-order valence-electron chi connectivity index (χ2n) is 6.37. The topological polar surface area (TPSA) is 98.1 Å². The van der Waals surface area contributed by atoms with Crippen LogP contribution >= 0.6 is 0 Å². The molecule has 4 rings (SSSR count). The van der Waals surface area contributed by atoms with E-state index in [1.54, 1.807) is 12.3 Å². The van der Waals surface area contributed by atoms with E-state index in [1.165, 1.54) is 12.0 Å². The van der Waals surface area contributed by atoms with Gasteiger partial charge in [0.05, 0.1) is 0 Å². The van der Waals surface area contributed by atoms with Crippen LogP contribution in [0.15, 0.2) is 30.5 Å². The van der Waals surface area contributed by atoms with E-state index < -0.39 is 0 Å². The average Bonchev–Trinajstić information content (AvgIpc) is 2.47. The van der Waals surface area contributed by atoms with Gasteiger partial charge in [0.2, 0.25) is 11.9 Å². The molecule has 2 aromatic rings. The van der Waals surface area contributed by atoms with E-state index in [2.05, 4.69) is 21.8 Å². The quantitative estimate of drug-likeness (QED) is 0.886. The van der Waals surface area contributed by atoms with Crippen LogP contribution in [0.25, 0.3) is 0 Å². The number of nitrogens with zero attached hydrogens (tertiary/aromatic N) is 3. The number of nitrogen functional groups attached to an aromatic ring is 1. The molecular weight excluding hydrogens is 290 g/mol. The lowest BCUT2D eigenvalue weighted by Gasteiger charge is -2.51. The van der Waals surface area contributed by atoms with Gasteiger partial charge in [0.15, 0.2) is 0 Å². The minimum atomic E-state index is -0.389. The van der Waals surface area contributed by atoms with E-state index in [0.717, 1.165) is 17.9 Å². The van der Waals surface area contributed by atoms with Crippen LogP contribution in [0.1, 0.15) is 41.6 Å². The van der Waals surface area contributed by atoms with Crippen molar-refractivity contribution >= 4 is 23.4 Å². The molecule has 2 heterocycles. The minimum Gasteiger partial charge on any atom is -0.368 e. The maximum absolute atomic E-state index is 11.5. The Morgan fingerprint density at radius 2 is 2.13 bits per heavy atom. The Morgan fingerprint density at radius 3 is 2.78 bits per heavy atom. The van der Waals surface area contributed by atoms with Crippen LogP contribution in [0.4, 0.5) is 17.5 Å². The zero-order valence-corrected chi connectivity index (χ0v) is 12.9. The van der Waals surface area contributed by atoms with Gasteiger partial charge in [0.1, 0.15) is 5.82 Å². The second-order valence-corrected chi connectivity index (χ2v) is 6.37. The normalized spacial score (nSPS) is 25.3. The Hall–Kier alpha value is -2.63. The first-order valence-electron chi connectivity index (χ1n) is 7.88. The Morgan fingerprint density at radius 1 is 1.30 bits per heavy atom. The van der Waals surface area contributed by atoms with Crippen molar-refractivity contribution in [3.63, 3.8) is 0 Å². The molecule has 23 heavy (non-hydrogen) atoms. The standard InChI is InChI=1S/C17H19N5O/c1-9-11-3-4-12(11)13-8-10(16(18)23)2-5-14(13)22(9)15-6-7-20-17(19)21-15/h2,5-9,11-12H,3-4H2,1H3,(H2,18,23)(H2,19,20,21). The third-order valence-electron chi connectivity index (χ3n) is 5.23.